The molecule has 0 radical (unpaired) electrons. The van der Waals surface area contributed by atoms with Crippen LogP contribution in [-0.2, 0) is 20.2 Å². The molecule has 2 fully saturated rings. The summed E-state index contributed by atoms with van der Waals surface area (Å²) in [6.45, 7) is 12.0. The van der Waals surface area contributed by atoms with E-state index in [-0.39, 0.29) is 36.0 Å². The standard InChI is InChI=1S/C32H40F2N4O7/c1-7-10-18-14-23(18)45-31(42)37-25(17(4)5)29(39)38-16-24(20(9-3)26(38)30(40)41)44-28-27(32(33,34)13-8-2)35-21-12-11-19(43-6)15-22(21)36-28/h7-8,11-12,15,17-18,20,23-26H,1-2,9-10,13-14,16H2,3-6H3,(H,37,42)(H,40,41). The Morgan fingerprint density at radius 3 is 2.51 bits per heavy atom. The first-order valence-corrected chi connectivity index (χ1v) is 15.0. The fourth-order valence-corrected chi connectivity index (χ4v) is 5.74. The Morgan fingerprint density at radius 2 is 1.91 bits per heavy atom. The number of nitrogens with one attached hydrogen (secondary N) is 1. The van der Waals surface area contributed by atoms with Crippen LogP contribution in [0.2, 0.25) is 0 Å². The molecule has 6 atom stereocenters. The number of allylic oxidation sites excluding steroid dienone is 2. The number of ether oxygens (including phenoxy) is 3. The third kappa shape index (κ3) is 7.34. The fourth-order valence-electron chi connectivity index (χ4n) is 5.74. The molecule has 4 rings (SSSR count). The number of aliphatic carboxylic acids is 1. The zero-order valence-corrected chi connectivity index (χ0v) is 25.9. The summed E-state index contributed by atoms with van der Waals surface area (Å²) in [5.41, 5.74) is -0.323. The molecule has 11 nitrogen and oxygen atoms in total. The van der Waals surface area contributed by atoms with Crippen LogP contribution in [0.4, 0.5) is 13.6 Å². The maximum atomic E-state index is 15.3. The van der Waals surface area contributed by atoms with Crippen molar-refractivity contribution in [1.82, 2.24) is 20.2 Å². The van der Waals surface area contributed by atoms with E-state index < -0.39 is 71.9 Å². The number of carbonyl (C=O) groups excluding carboxylic acids is 2. The molecule has 1 saturated heterocycles. The van der Waals surface area contributed by atoms with Gasteiger partial charge in [-0.2, -0.15) is 8.78 Å². The van der Waals surface area contributed by atoms with Gasteiger partial charge in [-0.15, -0.1) is 13.2 Å². The molecule has 1 saturated carbocycles. The van der Waals surface area contributed by atoms with Crippen LogP contribution in [0.15, 0.2) is 43.5 Å². The van der Waals surface area contributed by atoms with Crippen LogP contribution in [0.3, 0.4) is 0 Å². The van der Waals surface area contributed by atoms with Crippen LogP contribution in [0, 0.1) is 17.8 Å². The second kappa shape index (κ2) is 13.8. The Balaban J connectivity index is 1.64. The smallest absolute Gasteiger partial charge is 0.408 e. The lowest BCUT2D eigenvalue weighted by Crippen LogP contribution is -2.54. The van der Waals surface area contributed by atoms with Crippen molar-refractivity contribution in [3.05, 3.63) is 49.2 Å². The predicted octanol–water partition coefficient (Wildman–Crippen LogP) is 5.09. The summed E-state index contributed by atoms with van der Waals surface area (Å²) < 4.78 is 47.4. The van der Waals surface area contributed by atoms with E-state index in [1.165, 1.54) is 19.2 Å². The number of amides is 2. The van der Waals surface area contributed by atoms with Crippen molar-refractivity contribution in [2.24, 2.45) is 17.8 Å². The van der Waals surface area contributed by atoms with Gasteiger partial charge < -0.3 is 29.5 Å². The molecule has 2 aromatic rings. The lowest BCUT2D eigenvalue weighted by Gasteiger charge is -2.30. The topological polar surface area (TPSA) is 140 Å². The highest BCUT2D eigenvalue weighted by atomic mass is 19.3. The molecule has 1 aromatic carbocycles. The average Bonchev–Trinajstić information content (AvgIpc) is 3.60. The lowest BCUT2D eigenvalue weighted by molar-refractivity contribution is -0.150. The van der Waals surface area contributed by atoms with Crippen molar-refractivity contribution in [1.29, 1.82) is 0 Å². The highest BCUT2D eigenvalue weighted by molar-refractivity contribution is 5.90. The molecule has 2 N–H and O–H groups in total. The number of alkyl carbamates (subject to hydrolysis) is 1. The average molecular weight is 631 g/mol. The van der Waals surface area contributed by atoms with E-state index in [9.17, 15) is 19.5 Å². The minimum atomic E-state index is -3.50. The Kier molecular flexibility index (Phi) is 10.3. The SMILES string of the molecule is C=CCC1CC1OC(=O)NC(C(=O)N1CC(Oc2nc3cc(OC)ccc3nc2C(F)(F)CC=C)C(CC)C1C(=O)O)C(C)C. The van der Waals surface area contributed by atoms with Crippen LogP contribution in [-0.4, -0.2) is 75.9 Å². The van der Waals surface area contributed by atoms with E-state index in [0.717, 1.165) is 11.0 Å². The summed E-state index contributed by atoms with van der Waals surface area (Å²) in [5, 5.41) is 12.8. The van der Waals surface area contributed by atoms with Crippen molar-refractivity contribution >= 4 is 29.0 Å². The van der Waals surface area contributed by atoms with Gasteiger partial charge in [0.15, 0.2) is 5.69 Å². The van der Waals surface area contributed by atoms with Gasteiger partial charge in [-0.1, -0.05) is 32.9 Å². The number of aromatic nitrogens is 2. The van der Waals surface area contributed by atoms with E-state index in [1.807, 2.05) is 0 Å². The molecule has 1 aromatic heterocycles. The van der Waals surface area contributed by atoms with Gasteiger partial charge in [-0.3, -0.25) is 4.79 Å². The molecule has 2 amide bonds. The largest absolute Gasteiger partial charge is 0.497 e. The quantitative estimate of drug-likeness (QED) is 0.273. The summed E-state index contributed by atoms with van der Waals surface area (Å²) >= 11 is 0. The molecule has 6 unspecified atom stereocenters. The minimum absolute atomic E-state index is 0.181. The first-order chi connectivity index (χ1) is 21.3. The number of carbonyl (C=O) groups is 3. The van der Waals surface area contributed by atoms with Crippen molar-refractivity contribution in [2.45, 2.75) is 76.7 Å². The third-order valence-corrected chi connectivity index (χ3v) is 8.24. The molecule has 0 spiro atoms. The van der Waals surface area contributed by atoms with Gasteiger partial charge in [0.05, 0.1) is 24.7 Å². The van der Waals surface area contributed by atoms with Crippen LogP contribution < -0.4 is 14.8 Å². The number of hydrogen-bond donors (Lipinski definition) is 2. The van der Waals surface area contributed by atoms with E-state index in [1.54, 1.807) is 32.9 Å². The van der Waals surface area contributed by atoms with Gasteiger partial charge in [-0.05, 0) is 37.3 Å². The molecular weight excluding hydrogens is 590 g/mol. The molecule has 45 heavy (non-hydrogen) atoms. The zero-order chi connectivity index (χ0) is 33.1. The van der Waals surface area contributed by atoms with Crippen LogP contribution in [0.25, 0.3) is 11.0 Å². The van der Waals surface area contributed by atoms with Crippen molar-refractivity contribution in [2.75, 3.05) is 13.7 Å². The molecular formula is C32H40F2N4O7. The third-order valence-electron chi connectivity index (χ3n) is 8.24. The fraction of sp³-hybridized carbons (Fsp3) is 0.531. The van der Waals surface area contributed by atoms with Crippen molar-refractivity contribution in [3.8, 4) is 11.6 Å². The van der Waals surface area contributed by atoms with Crippen molar-refractivity contribution < 1.29 is 42.5 Å². The number of methoxy groups -OCH3 is 1. The second-order valence-corrected chi connectivity index (χ2v) is 11.8. The number of rotatable bonds is 14. The monoisotopic (exact) mass is 630 g/mol. The van der Waals surface area contributed by atoms with Gasteiger partial charge in [-0.25, -0.2) is 19.6 Å². The first kappa shape index (κ1) is 33.6. The van der Waals surface area contributed by atoms with Gasteiger partial charge in [0.1, 0.15) is 30.0 Å². The predicted molar refractivity (Wildman–Crippen MR) is 161 cm³/mol. The number of carboxylic acid groups (broad SMARTS) is 1. The maximum absolute atomic E-state index is 15.3. The second-order valence-electron chi connectivity index (χ2n) is 11.8. The number of nitrogens with zero attached hydrogens (tertiary/aromatic N) is 3. The number of hydrogen-bond acceptors (Lipinski definition) is 8. The Bertz CT molecular complexity index is 1450. The van der Waals surface area contributed by atoms with Gasteiger partial charge in [0.25, 0.3) is 5.92 Å². The van der Waals surface area contributed by atoms with Gasteiger partial charge in [0, 0.05) is 24.3 Å². The lowest BCUT2D eigenvalue weighted by atomic mass is 9.94. The summed E-state index contributed by atoms with van der Waals surface area (Å²) in [4.78, 5) is 48.8. The summed E-state index contributed by atoms with van der Waals surface area (Å²) in [7, 11) is 1.45. The Hall–Kier alpha value is -4.29. The summed E-state index contributed by atoms with van der Waals surface area (Å²) in [6.07, 6.45) is 1.63. The number of benzene rings is 1. The molecule has 2 heterocycles. The normalized spacial score (nSPS) is 23.4. The summed E-state index contributed by atoms with van der Waals surface area (Å²) in [5.74, 6) is -6.53. The molecule has 1 aliphatic carbocycles. The van der Waals surface area contributed by atoms with Crippen LogP contribution in [0.1, 0.15) is 52.1 Å². The van der Waals surface area contributed by atoms with Crippen molar-refractivity contribution in [3.63, 3.8) is 0 Å². The van der Waals surface area contributed by atoms with E-state index >= 15 is 8.78 Å². The Morgan fingerprint density at radius 1 is 1.18 bits per heavy atom. The molecule has 1 aliphatic heterocycles. The Labute approximate surface area is 260 Å². The van der Waals surface area contributed by atoms with E-state index in [0.29, 0.717) is 18.6 Å². The number of likely N-dealkylation sites (tertiary alicyclic amines) is 1. The molecule has 2 aliphatic rings. The number of carboxylic acids is 1. The number of alkyl halides is 2. The highest BCUT2D eigenvalue weighted by Crippen LogP contribution is 2.40. The maximum Gasteiger partial charge on any atom is 0.408 e. The first-order valence-electron chi connectivity index (χ1n) is 15.0. The molecule has 0 bridgehead atoms. The van der Waals surface area contributed by atoms with Crippen LogP contribution >= 0.6 is 0 Å². The van der Waals surface area contributed by atoms with E-state index in [4.69, 9.17) is 14.2 Å². The van der Waals surface area contributed by atoms with Crippen LogP contribution in [0.5, 0.6) is 11.6 Å². The molecule has 244 valence electrons. The zero-order valence-electron chi connectivity index (χ0n) is 25.9. The summed E-state index contributed by atoms with van der Waals surface area (Å²) in [6, 6.07) is 2.13. The number of halogens is 2. The minimum Gasteiger partial charge on any atom is -0.497 e. The van der Waals surface area contributed by atoms with Gasteiger partial charge >= 0.3 is 12.1 Å². The van der Waals surface area contributed by atoms with E-state index in [2.05, 4.69) is 28.4 Å². The van der Waals surface area contributed by atoms with Gasteiger partial charge in [0.2, 0.25) is 11.8 Å². The highest BCUT2D eigenvalue weighted by Gasteiger charge is 2.51. The molecule has 13 heteroatoms. The number of fused-ring (bicyclic) bond motifs is 1.